The standard InChI is InChI=1S/C23H23F3N6O4/c1-3-8-31(2)19-12-18(29-22(35)36)17(11-16(19)23(24,25)26)28-21(34)13-20(33)14-5-4-6-15(10-14)32-9-7-27-30-32/h4-7,9-12,29H,3,8,13H2,1-2H3,(H,28,34)(H,35,36). The molecule has 2 aromatic carbocycles. The molecule has 0 unspecified atom stereocenters. The number of benzene rings is 2. The largest absolute Gasteiger partial charge is 0.465 e. The molecule has 0 saturated heterocycles. The molecular weight excluding hydrogens is 481 g/mol. The molecule has 1 aromatic heterocycles. The highest BCUT2D eigenvalue weighted by Crippen LogP contribution is 2.41. The number of hydrogen-bond acceptors (Lipinski definition) is 6. The first-order valence-electron chi connectivity index (χ1n) is 10.8. The van der Waals surface area contributed by atoms with Crippen molar-refractivity contribution in [2.24, 2.45) is 0 Å². The highest BCUT2D eigenvalue weighted by atomic mass is 19.4. The molecule has 10 nitrogen and oxygen atoms in total. The number of aromatic nitrogens is 3. The van der Waals surface area contributed by atoms with E-state index in [1.807, 2.05) is 5.32 Å². The fraction of sp³-hybridized carbons (Fsp3) is 0.261. The Hall–Kier alpha value is -4.42. The minimum Gasteiger partial charge on any atom is -0.465 e. The molecule has 0 aliphatic carbocycles. The van der Waals surface area contributed by atoms with E-state index in [9.17, 15) is 27.6 Å². The Balaban J connectivity index is 1.88. The van der Waals surface area contributed by atoms with Gasteiger partial charge in [0.2, 0.25) is 5.91 Å². The molecule has 13 heteroatoms. The van der Waals surface area contributed by atoms with Gasteiger partial charge in [-0.3, -0.25) is 14.9 Å². The Bertz CT molecular complexity index is 1260. The van der Waals surface area contributed by atoms with Crippen molar-refractivity contribution in [3.63, 3.8) is 0 Å². The topological polar surface area (TPSA) is 129 Å². The fourth-order valence-corrected chi connectivity index (χ4v) is 3.52. The normalized spacial score (nSPS) is 11.1. The van der Waals surface area contributed by atoms with Gasteiger partial charge in [-0.05, 0) is 30.7 Å². The average molecular weight is 504 g/mol. The Kier molecular flexibility index (Phi) is 7.92. The number of carbonyl (C=O) groups excluding carboxylic acids is 2. The first-order valence-corrected chi connectivity index (χ1v) is 10.8. The van der Waals surface area contributed by atoms with Crippen LogP contribution in [0.4, 0.5) is 35.0 Å². The quantitative estimate of drug-likeness (QED) is 0.290. The zero-order valence-corrected chi connectivity index (χ0v) is 19.3. The molecule has 0 atom stereocenters. The summed E-state index contributed by atoms with van der Waals surface area (Å²) in [6.07, 6.45) is -3.44. The zero-order valence-electron chi connectivity index (χ0n) is 19.3. The van der Waals surface area contributed by atoms with E-state index in [2.05, 4.69) is 15.6 Å². The van der Waals surface area contributed by atoms with Crippen molar-refractivity contribution in [3.8, 4) is 5.69 Å². The van der Waals surface area contributed by atoms with Gasteiger partial charge in [-0.1, -0.05) is 24.3 Å². The van der Waals surface area contributed by atoms with Crippen molar-refractivity contribution in [3.05, 3.63) is 59.9 Å². The van der Waals surface area contributed by atoms with Gasteiger partial charge in [0.25, 0.3) is 0 Å². The SMILES string of the molecule is CCCN(C)c1cc(NC(=O)O)c(NC(=O)CC(=O)c2cccc(-n3ccnn3)c2)cc1C(F)(F)F. The number of alkyl halides is 3. The number of ketones is 1. The van der Waals surface area contributed by atoms with Crippen LogP contribution in [0.3, 0.4) is 0 Å². The zero-order chi connectivity index (χ0) is 26.5. The summed E-state index contributed by atoms with van der Waals surface area (Å²) in [5, 5.41) is 20.9. The Labute approximate surface area is 203 Å². The predicted octanol–water partition coefficient (Wildman–Crippen LogP) is 4.43. The summed E-state index contributed by atoms with van der Waals surface area (Å²) < 4.78 is 42.8. The summed E-state index contributed by atoms with van der Waals surface area (Å²) in [4.78, 5) is 37.9. The van der Waals surface area contributed by atoms with Gasteiger partial charge in [-0.25, -0.2) is 9.48 Å². The van der Waals surface area contributed by atoms with E-state index in [4.69, 9.17) is 5.11 Å². The van der Waals surface area contributed by atoms with E-state index in [0.29, 0.717) is 18.2 Å². The fourth-order valence-electron chi connectivity index (χ4n) is 3.52. The molecule has 1 heterocycles. The molecule has 0 saturated carbocycles. The summed E-state index contributed by atoms with van der Waals surface area (Å²) in [6.45, 7) is 2.07. The minimum absolute atomic E-state index is 0.176. The molecule has 2 amide bonds. The van der Waals surface area contributed by atoms with Crippen LogP contribution in [0.2, 0.25) is 0 Å². The number of hydrogen-bond donors (Lipinski definition) is 3. The molecule has 190 valence electrons. The van der Waals surface area contributed by atoms with Gasteiger partial charge in [0, 0.05) is 19.2 Å². The van der Waals surface area contributed by atoms with Crippen molar-refractivity contribution < 1.29 is 32.7 Å². The molecular formula is C23H23F3N6O4. The van der Waals surface area contributed by atoms with E-state index in [1.165, 1.54) is 35.0 Å². The Morgan fingerprint density at radius 3 is 2.44 bits per heavy atom. The number of halogens is 3. The molecule has 3 rings (SSSR count). The van der Waals surface area contributed by atoms with Crippen LogP contribution in [0.25, 0.3) is 5.69 Å². The van der Waals surface area contributed by atoms with Gasteiger partial charge in [-0.2, -0.15) is 13.2 Å². The van der Waals surface area contributed by atoms with Crippen LogP contribution in [-0.2, 0) is 11.0 Å². The number of carboxylic acid groups (broad SMARTS) is 1. The second kappa shape index (κ2) is 10.9. The van der Waals surface area contributed by atoms with Crippen molar-refractivity contribution >= 4 is 34.8 Å². The lowest BCUT2D eigenvalue weighted by Gasteiger charge is -2.25. The number of Topliss-reactive ketones (excluding diaryl/α,β-unsaturated/α-hetero) is 1. The Morgan fingerprint density at radius 2 is 1.83 bits per heavy atom. The molecule has 36 heavy (non-hydrogen) atoms. The highest BCUT2D eigenvalue weighted by Gasteiger charge is 2.36. The van der Waals surface area contributed by atoms with E-state index in [0.717, 1.165) is 6.07 Å². The van der Waals surface area contributed by atoms with Crippen molar-refractivity contribution in [2.75, 3.05) is 29.1 Å². The smallest absolute Gasteiger partial charge is 0.418 e. The number of rotatable bonds is 9. The lowest BCUT2D eigenvalue weighted by Crippen LogP contribution is -2.24. The number of anilines is 3. The summed E-state index contributed by atoms with van der Waals surface area (Å²) in [5.74, 6) is -1.51. The second-order valence-corrected chi connectivity index (χ2v) is 7.81. The average Bonchev–Trinajstić information content (AvgIpc) is 3.34. The van der Waals surface area contributed by atoms with E-state index < -0.39 is 41.6 Å². The lowest BCUT2D eigenvalue weighted by atomic mass is 10.1. The summed E-state index contributed by atoms with van der Waals surface area (Å²) in [5.41, 5.74) is -1.30. The van der Waals surface area contributed by atoms with E-state index in [1.54, 1.807) is 25.3 Å². The van der Waals surface area contributed by atoms with Crippen LogP contribution < -0.4 is 15.5 Å². The van der Waals surface area contributed by atoms with Crippen molar-refractivity contribution in [1.29, 1.82) is 0 Å². The van der Waals surface area contributed by atoms with E-state index >= 15 is 0 Å². The first-order chi connectivity index (χ1) is 17.0. The Morgan fingerprint density at radius 1 is 1.11 bits per heavy atom. The third-order valence-electron chi connectivity index (χ3n) is 5.10. The molecule has 0 fully saturated rings. The van der Waals surface area contributed by atoms with Gasteiger partial charge in [0.05, 0.1) is 47.1 Å². The van der Waals surface area contributed by atoms with E-state index in [-0.39, 0.29) is 23.5 Å². The molecule has 3 aromatic rings. The second-order valence-electron chi connectivity index (χ2n) is 7.81. The van der Waals surface area contributed by atoms with Gasteiger partial charge < -0.3 is 15.3 Å². The highest BCUT2D eigenvalue weighted by molar-refractivity contribution is 6.12. The molecule has 0 aliphatic heterocycles. The maximum absolute atomic E-state index is 13.8. The van der Waals surface area contributed by atoms with Gasteiger partial charge >= 0.3 is 12.3 Å². The van der Waals surface area contributed by atoms with Crippen LogP contribution in [-0.4, -0.2) is 51.5 Å². The number of nitrogens with zero attached hydrogens (tertiary/aromatic N) is 4. The predicted molar refractivity (Wildman–Crippen MR) is 126 cm³/mol. The van der Waals surface area contributed by atoms with Crippen molar-refractivity contribution in [1.82, 2.24) is 15.0 Å². The van der Waals surface area contributed by atoms with Gasteiger partial charge in [0.15, 0.2) is 5.78 Å². The molecule has 3 N–H and O–H groups in total. The van der Waals surface area contributed by atoms with Crippen LogP contribution in [0.1, 0.15) is 35.7 Å². The summed E-state index contributed by atoms with van der Waals surface area (Å²) in [6, 6.07) is 7.88. The number of amides is 2. The molecule has 0 spiro atoms. The molecule has 0 radical (unpaired) electrons. The summed E-state index contributed by atoms with van der Waals surface area (Å²) >= 11 is 0. The van der Waals surface area contributed by atoms with Gasteiger partial charge in [-0.15, -0.1) is 5.10 Å². The number of nitrogens with one attached hydrogen (secondary N) is 2. The van der Waals surface area contributed by atoms with Gasteiger partial charge in [0.1, 0.15) is 0 Å². The monoisotopic (exact) mass is 504 g/mol. The number of carbonyl (C=O) groups is 3. The lowest BCUT2D eigenvalue weighted by molar-refractivity contribution is -0.137. The summed E-state index contributed by atoms with van der Waals surface area (Å²) in [7, 11) is 1.45. The molecule has 0 bridgehead atoms. The van der Waals surface area contributed by atoms with Crippen LogP contribution >= 0.6 is 0 Å². The maximum atomic E-state index is 13.8. The third kappa shape index (κ3) is 6.37. The first kappa shape index (κ1) is 26.2. The van der Waals surface area contributed by atoms with Crippen LogP contribution in [0, 0.1) is 0 Å². The molecule has 0 aliphatic rings. The minimum atomic E-state index is -4.78. The van der Waals surface area contributed by atoms with Crippen LogP contribution in [0.5, 0.6) is 0 Å². The third-order valence-corrected chi connectivity index (χ3v) is 5.10. The van der Waals surface area contributed by atoms with Crippen molar-refractivity contribution in [2.45, 2.75) is 25.9 Å². The maximum Gasteiger partial charge on any atom is 0.418 e. The van der Waals surface area contributed by atoms with Crippen LogP contribution in [0.15, 0.2) is 48.8 Å².